The van der Waals surface area contributed by atoms with E-state index in [0.717, 1.165) is 5.56 Å². The van der Waals surface area contributed by atoms with Crippen molar-refractivity contribution in [2.75, 3.05) is 12.3 Å². The maximum Gasteiger partial charge on any atom is 0.404 e. The molecule has 1 aromatic heterocycles. The summed E-state index contributed by atoms with van der Waals surface area (Å²) in [6.45, 7) is 0.691. The van der Waals surface area contributed by atoms with Gasteiger partial charge in [0.05, 0.1) is 0 Å². The van der Waals surface area contributed by atoms with E-state index in [9.17, 15) is 13.2 Å². The van der Waals surface area contributed by atoms with Crippen LogP contribution in [0.1, 0.15) is 18.4 Å². The van der Waals surface area contributed by atoms with Gasteiger partial charge in [0.1, 0.15) is 11.9 Å². The molecule has 0 radical (unpaired) electrons. The molecule has 0 spiro atoms. The minimum absolute atomic E-state index is 0.168. The lowest BCUT2D eigenvalue weighted by atomic mass is 10.2. The number of nitrogens with zero attached hydrogens (tertiary/aromatic N) is 2. The zero-order chi connectivity index (χ0) is 13.3. The number of rotatable bonds is 2. The fourth-order valence-corrected chi connectivity index (χ4v) is 2.57. The maximum absolute atomic E-state index is 12.8. The lowest BCUT2D eigenvalue weighted by molar-refractivity contribution is -0.177. The molecular formula is C11H13BrF3N3. The Morgan fingerprint density at radius 1 is 1.50 bits per heavy atom. The van der Waals surface area contributed by atoms with Crippen molar-refractivity contribution in [3.8, 4) is 0 Å². The van der Waals surface area contributed by atoms with Gasteiger partial charge in [0.2, 0.25) is 0 Å². The van der Waals surface area contributed by atoms with Crippen molar-refractivity contribution in [2.24, 2.45) is 0 Å². The molecule has 1 atom stereocenters. The van der Waals surface area contributed by atoms with Gasteiger partial charge < -0.3 is 5.73 Å². The number of nitrogen functional groups attached to an aromatic ring is 1. The summed E-state index contributed by atoms with van der Waals surface area (Å²) in [6, 6.07) is 0.259. The van der Waals surface area contributed by atoms with E-state index in [-0.39, 0.29) is 13.0 Å². The SMILES string of the molecule is Nc1cc(CN2CCC[C@H]2C(F)(F)F)c(Br)cn1. The van der Waals surface area contributed by atoms with Crippen molar-refractivity contribution >= 4 is 21.7 Å². The van der Waals surface area contributed by atoms with E-state index in [1.165, 1.54) is 11.1 Å². The van der Waals surface area contributed by atoms with Crippen molar-refractivity contribution in [1.82, 2.24) is 9.88 Å². The van der Waals surface area contributed by atoms with Crippen LogP contribution in [0.5, 0.6) is 0 Å². The molecule has 7 heteroatoms. The number of hydrogen-bond acceptors (Lipinski definition) is 3. The van der Waals surface area contributed by atoms with E-state index in [2.05, 4.69) is 20.9 Å². The second kappa shape index (κ2) is 5.05. The lowest BCUT2D eigenvalue weighted by Crippen LogP contribution is -2.40. The molecule has 1 aliphatic rings. The largest absolute Gasteiger partial charge is 0.404 e. The van der Waals surface area contributed by atoms with Crippen LogP contribution in [0.25, 0.3) is 0 Å². The molecule has 1 aromatic rings. The number of hydrogen-bond donors (Lipinski definition) is 1. The Kier molecular flexibility index (Phi) is 3.82. The summed E-state index contributed by atoms with van der Waals surface area (Å²) in [5.74, 6) is 0.316. The van der Waals surface area contributed by atoms with Gasteiger partial charge in [-0.05, 0) is 46.9 Å². The molecule has 0 aliphatic carbocycles. The van der Waals surface area contributed by atoms with Gasteiger partial charge in [-0.3, -0.25) is 4.90 Å². The summed E-state index contributed by atoms with van der Waals surface area (Å²) >= 11 is 3.28. The number of halogens is 4. The van der Waals surface area contributed by atoms with Gasteiger partial charge in [-0.15, -0.1) is 0 Å². The van der Waals surface area contributed by atoms with Gasteiger partial charge in [-0.25, -0.2) is 4.98 Å². The van der Waals surface area contributed by atoms with Crippen LogP contribution in [0.2, 0.25) is 0 Å². The van der Waals surface area contributed by atoms with Crippen LogP contribution < -0.4 is 5.73 Å². The van der Waals surface area contributed by atoms with Crippen LogP contribution in [0, 0.1) is 0 Å². The average molecular weight is 324 g/mol. The van der Waals surface area contributed by atoms with Gasteiger partial charge in [-0.2, -0.15) is 13.2 Å². The Morgan fingerprint density at radius 2 is 2.22 bits per heavy atom. The molecule has 0 aromatic carbocycles. The average Bonchev–Trinajstić information content (AvgIpc) is 2.71. The van der Waals surface area contributed by atoms with E-state index in [1.807, 2.05) is 0 Å². The van der Waals surface area contributed by atoms with Gasteiger partial charge in [-0.1, -0.05) is 0 Å². The summed E-state index contributed by atoms with van der Waals surface area (Å²) < 4.78 is 39.1. The zero-order valence-corrected chi connectivity index (χ0v) is 11.1. The Bertz CT molecular complexity index is 436. The molecule has 0 saturated carbocycles. The number of aromatic nitrogens is 1. The molecule has 18 heavy (non-hydrogen) atoms. The third-order valence-electron chi connectivity index (χ3n) is 3.07. The van der Waals surface area contributed by atoms with Gasteiger partial charge in [0, 0.05) is 17.2 Å². The number of nitrogens with two attached hydrogens (primary N) is 1. The lowest BCUT2D eigenvalue weighted by Gasteiger charge is -2.26. The number of pyridine rings is 1. The minimum Gasteiger partial charge on any atom is -0.384 e. The Balaban J connectivity index is 2.15. The topological polar surface area (TPSA) is 42.1 Å². The second-order valence-corrected chi connectivity index (χ2v) is 5.23. The monoisotopic (exact) mass is 323 g/mol. The van der Waals surface area contributed by atoms with E-state index in [1.54, 1.807) is 6.07 Å². The third kappa shape index (κ3) is 2.95. The summed E-state index contributed by atoms with van der Waals surface area (Å²) in [4.78, 5) is 5.32. The molecule has 1 saturated heterocycles. The molecule has 0 unspecified atom stereocenters. The van der Waals surface area contributed by atoms with E-state index in [0.29, 0.717) is 23.3 Å². The van der Waals surface area contributed by atoms with Crippen molar-refractivity contribution in [1.29, 1.82) is 0 Å². The molecule has 0 bridgehead atoms. The number of likely N-dealkylation sites (tertiary alicyclic amines) is 1. The standard InChI is InChI=1S/C11H13BrF3N3/c12-8-5-17-10(16)4-7(8)6-18-3-1-2-9(18)11(13,14)15/h4-5,9H,1-3,6H2,(H2,16,17)/t9-/m0/s1. The second-order valence-electron chi connectivity index (χ2n) is 4.37. The highest BCUT2D eigenvalue weighted by atomic mass is 79.9. The first-order chi connectivity index (χ1) is 8.38. The first kappa shape index (κ1) is 13.6. The predicted octanol–water partition coefficient (Wildman–Crippen LogP) is 2.95. The summed E-state index contributed by atoms with van der Waals surface area (Å²) in [7, 11) is 0. The molecule has 2 rings (SSSR count). The Labute approximate surface area is 111 Å². The van der Waals surface area contributed by atoms with Crippen molar-refractivity contribution < 1.29 is 13.2 Å². The van der Waals surface area contributed by atoms with Crippen LogP contribution >= 0.6 is 15.9 Å². The molecule has 3 nitrogen and oxygen atoms in total. The summed E-state index contributed by atoms with van der Waals surface area (Å²) in [5, 5.41) is 0. The van der Waals surface area contributed by atoms with Crippen LogP contribution in [-0.2, 0) is 6.54 Å². The van der Waals surface area contributed by atoms with Crippen LogP contribution in [0.15, 0.2) is 16.7 Å². The molecule has 2 N–H and O–H groups in total. The Morgan fingerprint density at radius 3 is 2.89 bits per heavy atom. The van der Waals surface area contributed by atoms with E-state index in [4.69, 9.17) is 5.73 Å². The fourth-order valence-electron chi connectivity index (χ4n) is 2.22. The molecule has 100 valence electrons. The van der Waals surface area contributed by atoms with Crippen LogP contribution in [0.3, 0.4) is 0 Å². The van der Waals surface area contributed by atoms with Crippen LogP contribution in [-0.4, -0.2) is 28.6 Å². The van der Waals surface area contributed by atoms with E-state index >= 15 is 0 Å². The quantitative estimate of drug-likeness (QED) is 0.909. The summed E-state index contributed by atoms with van der Waals surface area (Å²) in [6.07, 6.45) is -1.91. The van der Waals surface area contributed by atoms with E-state index < -0.39 is 12.2 Å². The summed E-state index contributed by atoms with van der Waals surface area (Å²) in [5.41, 5.74) is 6.28. The highest BCUT2D eigenvalue weighted by molar-refractivity contribution is 9.10. The predicted molar refractivity (Wildman–Crippen MR) is 65.8 cm³/mol. The van der Waals surface area contributed by atoms with Gasteiger partial charge in [0.15, 0.2) is 0 Å². The first-order valence-corrected chi connectivity index (χ1v) is 6.38. The van der Waals surface area contributed by atoms with Gasteiger partial charge >= 0.3 is 6.18 Å². The normalized spacial score (nSPS) is 21.4. The molecule has 2 heterocycles. The Hall–Kier alpha value is -0.820. The highest BCUT2D eigenvalue weighted by Crippen LogP contribution is 2.34. The third-order valence-corrected chi connectivity index (χ3v) is 3.78. The number of alkyl halides is 3. The van der Waals surface area contributed by atoms with Crippen LogP contribution in [0.4, 0.5) is 19.0 Å². The first-order valence-electron chi connectivity index (χ1n) is 5.58. The molecule has 1 fully saturated rings. The zero-order valence-electron chi connectivity index (χ0n) is 9.54. The fraction of sp³-hybridized carbons (Fsp3) is 0.545. The molecular weight excluding hydrogens is 311 g/mol. The highest BCUT2D eigenvalue weighted by Gasteiger charge is 2.45. The van der Waals surface area contributed by atoms with Gasteiger partial charge in [0.25, 0.3) is 0 Å². The molecule has 1 aliphatic heterocycles. The van der Waals surface area contributed by atoms with Crippen molar-refractivity contribution in [3.05, 3.63) is 22.3 Å². The van der Waals surface area contributed by atoms with Crippen molar-refractivity contribution in [3.63, 3.8) is 0 Å². The smallest absolute Gasteiger partial charge is 0.384 e. The number of anilines is 1. The maximum atomic E-state index is 12.8. The minimum atomic E-state index is -4.17. The molecule has 0 amide bonds. The van der Waals surface area contributed by atoms with Crippen molar-refractivity contribution in [2.45, 2.75) is 31.6 Å².